The summed E-state index contributed by atoms with van der Waals surface area (Å²) in [5.74, 6) is 0. The molecule has 2 rings (SSSR count). The van der Waals surface area contributed by atoms with Crippen molar-refractivity contribution in [2.75, 3.05) is 13.1 Å². The molecule has 0 aromatic carbocycles. The number of halogens is 2. The van der Waals surface area contributed by atoms with E-state index in [9.17, 15) is 8.42 Å². The van der Waals surface area contributed by atoms with E-state index < -0.39 is 10.0 Å². The molecule has 1 aromatic rings. The minimum Gasteiger partial charge on any atom is -0.373 e. The maximum absolute atomic E-state index is 12.5. The Morgan fingerprint density at radius 1 is 1.32 bits per heavy atom. The summed E-state index contributed by atoms with van der Waals surface area (Å²) in [6.45, 7) is 4.30. The highest BCUT2D eigenvalue weighted by Gasteiger charge is 2.32. The first-order valence-electron chi connectivity index (χ1n) is 5.77. The molecule has 0 N–H and O–H groups in total. The highest BCUT2D eigenvalue weighted by atomic mass is 35.5. The van der Waals surface area contributed by atoms with Crippen LogP contribution in [0.1, 0.15) is 13.8 Å². The maximum atomic E-state index is 12.5. The molecule has 0 radical (unpaired) electrons. The van der Waals surface area contributed by atoms with Crippen LogP contribution in [0.3, 0.4) is 0 Å². The average molecular weight is 325 g/mol. The molecule has 1 aliphatic heterocycles. The van der Waals surface area contributed by atoms with Crippen LogP contribution in [0.4, 0.5) is 0 Å². The normalized spacial score (nSPS) is 25.5. The fourth-order valence-corrected chi connectivity index (χ4v) is 3.92. The van der Waals surface area contributed by atoms with Gasteiger partial charge in [0.2, 0.25) is 10.0 Å². The number of morpholine rings is 1. The van der Waals surface area contributed by atoms with Crippen LogP contribution in [0.2, 0.25) is 10.2 Å². The van der Waals surface area contributed by atoms with Gasteiger partial charge in [0.05, 0.1) is 17.2 Å². The van der Waals surface area contributed by atoms with Gasteiger partial charge in [0.25, 0.3) is 0 Å². The highest BCUT2D eigenvalue weighted by Crippen LogP contribution is 2.25. The molecular weight excluding hydrogens is 311 g/mol. The van der Waals surface area contributed by atoms with Gasteiger partial charge < -0.3 is 4.74 Å². The van der Waals surface area contributed by atoms with Crippen LogP contribution in [-0.2, 0) is 14.8 Å². The second-order valence-corrected chi connectivity index (χ2v) is 7.23. The van der Waals surface area contributed by atoms with Gasteiger partial charge in [-0.2, -0.15) is 4.31 Å². The molecule has 0 bridgehead atoms. The number of aromatic nitrogens is 1. The molecule has 2 atom stereocenters. The van der Waals surface area contributed by atoms with Crippen molar-refractivity contribution in [3.05, 3.63) is 22.4 Å². The zero-order valence-electron chi connectivity index (χ0n) is 10.5. The third-order valence-electron chi connectivity index (χ3n) is 2.80. The molecule has 19 heavy (non-hydrogen) atoms. The number of hydrogen-bond acceptors (Lipinski definition) is 4. The SMILES string of the molecule is CC1CN(S(=O)(=O)c2cnc(Cl)c(Cl)c2)CC(C)O1. The van der Waals surface area contributed by atoms with Gasteiger partial charge in [0.1, 0.15) is 10.0 Å². The van der Waals surface area contributed by atoms with Gasteiger partial charge in [0, 0.05) is 19.3 Å². The molecule has 1 aromatic heterocycles. The Balaban J connectivity index is 2.33. The van der Waals surface area contributed by atoms with Crippen LogP contribution in [0, 0.1) is 0 Å². The first kappa shape index (κ1) is 15.0. The molecule has 1 saturated heterocycles. The van der Waals surface area contributed by atoms with Crippen molar-refractivity contribution >= 4 is 33.2 Å². The van der Waals surface area contributed by atoms with E-state index in [0.717, 1.165) is 0 Å². The number of hydrogen-bond donors (Lipinski definition) is 0. The van der Waals surface area contributed by atoms with Gasteiger partial charge in [-0.15, -0.1) is 0 Å². The van der Waals surface area contributed by atoms with Crippen molar-refractivity contribution < 1.29 is 13.2 Å². The summed E-state index contributed by atoms with van der Waals surface area (Å²) in [6, 6.07) is 1.32. The number of ether oxygens (including phenoxy) is 1. The lowest BCUT2D eigenvalue weighted by Crippen LogP contribution is -2.48. The second-order valence-electron chi connectivity index (χ2n) is 4.52. The van der Waals surface area contributed by atoms with Crippen molar-refractivity contribution in [3.8, 4) is 0 Å². The monoisotopic (exact) mass is 324 g/mol. The van der Waals surface area contributed by atoms with Gasteiger partial charge in [-0.3, -0.25) is 0 Å². The molecule has 8 heteroatoms. The van der Waals surface area contributed by atoms with Crippen LogP contribution in [0.15, 0.2) is 17.2 Å². The number of nitrogens with zero attached hydrogens (tertiary/aromatic N) is 2. The number of sulfonamides is 1. The summed E-state index contributed by atoms with van der Waals surface area (Å²) >= 11 is 11.5. The molecule has 106 valence electrons. The summed E-state index contributed by atoms with van der Waals surface area (Å²) in [7, 11) is -3.62. The largest absolute Gasteiger partial charge is 0.373 e. The van der Waals surface area contributed by atoms with Crippen molar-refractivity contribution in [1.29, 1.82) is 0 Å². The van der Waals surface area contributed by atoms with Gasteiger partial charge in [-0.25, -0.2) is 13.4 Å². The predicted octanol–water partition coefficient (Wildman–Crippen LogP) is 2.19. The molecule has 0 spiro atoms. The lowest BCUT2D eigenvalue weighted by molar-refractivity contribution is -0.0440. The molecule has 5 nitrogen and oxygen atoms in total. The summed E-state index contributed by atoms with van der Waals surface area (Å²) in [6.07, 6.45) is 0.928. The van der Waals surface area contributed by atoms with Crippen molar-refractivity contribution in [1.82, 2.24) is 9.29 Å². The van der Waals surface area contributed by atoms with Crippen LogP contribution in [0.25, 0.3) is 0 Å². The summed E-state index contributed by atoms with van der Waals surface area (Å²) in [5.41, 5.74) is 0. The summed E-state index contributed by atoms with van der Waals surface area (Å²) in [5, 5.41) is 0.210. The van der Waals surface area contributed by atoms with Crippen LogP contribution >= 0.6 is 23.2 Å². The van der Waals surface area contributed by atoms with Gasteiger partial charge in [0.15, 0.2) is 0 Å². The van der Waals surface area contributed by atoms with Gasteiger partial charge in [-0.05, 0) is 19.9 Å². The van der Waals surface area contributed by atoms with Gasteiger partial charge in [-0.1, -0.05) is 23.2 Å². The lowest BCUT2D eigenvalue weighted by Gasteiger charge is -2.34. The van der Waals surface area contributed by atoms with E-state index in [-0.39, 0.29) is 27.3 Å². The van der Waals surface area contributed by atoms with E-state index in [0.29, 0.717) is 13.1 Å². The first-order valence-corrected chi connectivity index (χ1v) is 7.97. The van der Waals surface area contributed by atoms with E-state index >= 15 is 0 Å². The summed E-state index contributed by atoms with van der Waals surface area (Å²) < 4.78 is 31.8. The van der Waals surface area contributed by atoms with Crippen LogP contribution < -0.4 is 0 Å². The predicted molar refractivity (Wildman–Crippen MR) is 73.0 cm³/mol. The van der Waals surface area contributed by atoms with E-state index in [4.69, 9.17) is 27.9 Å². The van der Waals surface area contributed by atoms with E-state index in [2.05, 4.69) is 4.98 Å². The van der Waals surface area contributed by atoms with Gasteiger partial charge >= 0.3 is 0 Å². The van der Waals surface area contributed by atoms with Crippen LogP contribution in [0.5, 0.6) is 0 Å². The third-order valence-corrected chi connectivity index (χ3v) is 5.28. The molecule has 2 unspecified atom stereocenters. The Hall–Kier alpha value is -0.400. The zero-order valence-corrected chi connectivity index (χ0v) is 12.8. The molecular formula is C11H14Cl2N2O3S. The van der Waals surface area contributed by atoms with E-state index in [1.54, 1.807) is 0 Å². The second kappa shape index (κ2) is 5.54. The quantitative estimate of drug-likeness (QED) is 0.782. The minimum atomic E-state index is -3.62. The Kier molecular flexibility index (Phi) is 4.37. The Morgan fingerprint density at radius 2 is 1.89 bits per heavy atom. The zero-order chi connectivity index (χ0) is 14.2. The van der Waals surface area contributed by atoms with Crippen LogP contribution in [-0.4, -0.2) is 43.0 Å². The van der Waals surface area contributed by atoms with E-state index in [1.807, 2.05) is 13.8 Å². The van der Waals surface area contributed by atoms with Crippen molar-refractivity contribution in [3.63, 3.8) is 0 Å². The first-order chi connectivity index (χ1) is 8.80. The standard InChI is InChI=1S/C11H14Cl2N2O3S/c1-7-5-15(6-8(2)18-7)19(16,17)9-3-10(12)11(13)14-4-9/h3-4,7-8H,5-6H2,1-2H3. The molecule has 2 heterocycles. The van der Waals surface area contributed by atoms with Crippen molar-refractivity contribution in [2.24, 2.45) is 0 Å². The lowest BCUT2D eigenvalue weighted by atomic mass is 10.3. The Labute approximate surface area is 122 Å². The number of pyridine rings is 1. The van der Waals surface area contributed by atoms with Crippen molar-refractivity contribution in [2.45, 2.75) is 31.0 Å². The smallest absolute Gasteiger partial charge is 0.244 e. The molecule has 0 aliphatic carbocycles. The minimum absolute atomic E-state index is 0.0446. The Morgan fingerprint density at radius 3 is 2.42 bits per heavy atom. The van der Waals surface area contributed by atoms with E-state index in [1.165, 1.54) is 16.6 Å². The fourth-order valence-electron chi connectivity index (χ4n) is 2.02. The maximum Gasteiger partial charge on any atom is 0.244 e. The highest BCUT2D eigenvalue weighted by molar-refractivity contribution is 7.89. The fraction of sp³-hybridized carbons (Fsp3) is 0.545. The molecule has 0 amide bonds. The average Bonchev–Trinajstić information content (AvgIpc) is 2.31. The molecule has 1 aliphatic rings. The third kappa shape index (κ3) is 3.20. The molecule has 1 fully saturated rings. The topological polar surface area (TPSA) is 59.5 Å². The molecule has 0 saturated carbocycles. The summed E-state index contributed by atoms with van der Waals surface area (Å²) in [4.78, 5) is 3.82. The Bertz CT molecular complexity index is 569. The number of rotatable bonds is 2.